The standard InChI is InChI=1S/C37H50N2O7/c1-40-19-5-22-45-36-25-29(9-14-34(36)39-17-23-42-24-18-39)27-46-37-26-38-16-15-33(37)30-10-12-32(13-11-30)44-21-6-20-43-28-31-7-3-4-8-35(31)41-2/h3-4,7-14,25,33,37-38H,5-6,15-24,26-28H2,1-2H3/t33-,37+/m1/s1. The van der Waals surface area contributed by atoms with E-state index in [1.807, 2.05) is 24.3 Å². The summed E-state index contributed by atoms with van der Waals surface area (Å²) in [6, 6.07) is 22.9. The summed E-state index contributed by atoms with van der Waals surface area (Å²) < 4.78 is 40.8. The Kier molecular flexibility index (Phi) is 13.8. The predicted molar refractivity (Wildman–Crippen MR) is 179 cm³/mol. The maximum absolute atomic E-state index is 6.57. The van der Waals surface area contributed by atoms with Crippen molar-refractivity contribution in [1.29, 1.82) is 0 Å². The second-order valence-electron chi connectivity index (χ2n) is 11.7. The van der Waals surface area contributed by atoms with Crippen molar-refractivity contribution in [2.24, 2.45) is 0 Å². The van der Waals surface area contributed by atoms with Gasteiger partial charge in [-0.2, -0.15) is 0 Å². The third-order valence-electron chi connectivity index (χ3n) is 8.48. The molecule has 0 spiro atoms. The molecule has 2 aliphatic heterocycles. The number of methoxy groups -OCH3 is 2. The first-order chi connectivity index (χ1) is 22.7. The third kappa shape index (κ3) is 10.1. The van der Waals surface area contributed by atoms with E-state index < -0.39 is 0 Å². The number of rotatable bonds is 18. The molecule has 9 nitrogen and oxygen atoms in total. The second kappa shape index (κ2) is 18.7. The molecule has 0 aromatic heterocycles. The molecule has 250 valence electrons. The lowest BCUT2D eigenvalue weighted by atomic mass is 9.87. The summed E-state index contributed by atoms with van der Waals surface area (Å²) in [5, 5.41) is 3.52. The highest BCUT2D eigenvalue weighted by Crippen LogP contribution is 2.33. The van der Waals surface area contributed by atoms with Crippen LogP contribution in [0, 0.1) is 0 Å². The van der Waals surface area contributed by atoms with Crippen LogP contribution in [0.5, 0.6) is 17.2 Å². The molecule has 2 atom stereocenters. The molecule has 0 amide bonds. The summed E-state index contributed by atoms with van der Waals surface area (Å²) in [7, 11) is 3.40. The summed E-state index contributed by atoms with van der Waals surface area (Å²) in [5.41, 5.74) is 4.56. The van der Waals surface area contributed by atoms with Gasteiger partial charge in [-0.1, -0.05) is 36.4 Å². The summed E-state index contributed by atoms with van der Waals surface area (Å²) in [5.74, 6) is 2.94. The van der Waals surface area contributed by atoms with Crippen molar-refractivity contribution in [3.05, 3.63) is 83.4 Å². The minimum absolute atomic E-state index is 0.0749. The van der Waals surface area contributed by atoms with Crippen LogP contribution in [0.15, 0.2) is 66.7 Å². The summed E-state index contributed by atoms with van der Waals surface area (Å²) in [6.45, 7) is 8.58. The zero-order valence-electron chi connectivity index (χ0n) is 27.4. The zero-order chi connectivity index (χ0) is 31.8. The Morgan fingerprint density at radius 3 is 2.46 bits per heavy atom. The van der Waals surface area contributed by atoms with Crippen LogP contribution in [0.3, 0.4) is 0 Å². The molecule has 9 heteroatoms. The van der Waals surface area contributed by atoms with E-state index in [0.29, 0.717) is 45.6 Å². The molecule has 0 bridgehead atoms. The first-order valence-electron chi connectivity index (χ1n) is 16.6. The van der Waals surface area contributed by atoms with Gasteiger partial charge in [-0.05, 0) is 54.4 Å². The molecule has 0 unspecified atom stereocenters. The van der Waals surface area contributed by atoms with Crippen molar-refractivity contribution in [2.75, 3.05) is 84.9 Å². The number of anilines is 1. The molecule has 1 N–H and O–H groups in total. The molecular formula is C37H50N2O7. The lowest BCUT2D eigenvalue weighted by Gasteiger charge is -2.33. The average molecular weight is 635 g/mol. The lowest BCUT2D eigenvalue weighted by Crippen LogP contribution is -2.41. The van der Waals surface area contributed by atoms with Crippen LogP contribution in [-0.4, -0.2) is 86.1 Å². The fraction of sp³-hybridized carbons (Fsp3) is 0.514. The van der Waals surface area contributed by atoms with Gasteiger partial charge < -0.3 is 43.4 Å². The Morgan fingerprint density at radius 1 is 0.826 bits per heavy atom. The number of nitrogens with zero attached hydrogens (tertiary/aromatic N) is 1. The van der Waals surface area contributed by atoms with Crippen LogP contribution in [0.1, 0.15) is 41.9 Å². The van der Waals surface area contributed by atoms with Crippen molar-refractivity contribution < 1.29 is 33.2 Å². The van der Waals surface area contributed by atoms with Gasteiger partial charge >= 0.3 is 0 Å². The Balaban J connectivity index is 1.10. The van der Waals surface area contributed by atoms with Gasteiger partial charge in [-0.25, -0.2) is 0 Å². The molecule has 3 aromatic carbocycles. The largest absolute Gasteiger partial charge is 0.496 e. The molecule has 0 radical (unpaired) electrons. The summed E-state index contributed by atoms with van der Waals surface area (Å²) >= 11 is 0. The van der Waals surface area contributed by atoms with Crippen LogP contribution in [0.25, 0.3) is 0 Å². The Bertz CT molecular complexity index is 1300. The Morgan fingerprint density at radius 2 is 1.63 bits per heavy atom. The van der Waals surface area contributed by atoms with Gasteiger partial charge in [0.25, 0.3) is 0 Å². The number of para-hydroxylation sites is 1. The van der Waals surface area contributed by atoms with E-state index in [-0.39, 0.29) is 6.10 Å². The fourth-order valence-corrected chi connectivity index (χ4v) is 5.97. The van der Waals surface area contributed by atoms with Crippen molar-refractivity contribution in [3.63, 3.8) is 0 Å². The number of hydrogen-bond donors (Lipinski definition) is 1. The third-order valence-corrected chi connectivity index (χ3v) is 8.48. The molecule has 2 fully saturated rings. The number of hydrogen-bond acceptors (Lipinski definition) is 9. The maximum atomic E-state index is 6.57. The predicted octanol–water partition coefficient (Wildman–Crippen LogP) is 5.60. The van der Waals surface area contributed by atoms with Crippen molar-refractivity contribution >= 4 is 5.69 Å². The smallest absolute Gasteiger partial charge is 0.142 e. The average Bonchev–Trinajstić information content (AvgIpc) is 3.11. The van der Waals surface area contributed by atoms with Gasteiger partial charge in [-0.15, -0.1) is 0 Å². The monoisotopic (exact) mass is 634 g/mol. The quantitative estimate of drug-likeness (QED) is 0.180. The van der Waals surface area contributed by atoms with E-state index in [1.165, 1.54) is 5.56 Å². The van der Waals surface area contributed by atoms with Crippen LogP contribution in [0.4, 0.5) is 5.69 Å². The Hall–Kier alpha value is -3.34. The van der Waals surface area contributed by atoms with E-state index in [1.54, 1.807) is 14.2 Å². The maximum Gasteiger partial charge on any atom is 0.142 e. The van der Waals surface area contributed by atoms with Crippen molar-refractivity contribution in [1.82, 2.24) is 5.32 Å². The molecule has 5 rings (SSSR count). The molecule has 2 aliphatic rings. The number of piperidine rings is 1. The van der Waals surface area contributed by atoms with Crippen LogP contribution < -0.4 is 24.4 Å². The molecule has 46 heavy (non-hydrogen) atoms. The van der Waals surface area contributed by atoms with Gasteiger partial charge in [0.2, 0.25) is 0 Å². The lowest BCUT2D eigenvalue weighted by molar-refractivity contribution is 0.0105. The van der Waals surface area contributed by atoms with Crippen LogP contribution >= 0.6 is 0 Å². The van der Waals surface area contributed by atoms with Crippen molar-refractivity contribution in [2.45, 2.75) is 44.5 Å². The minimum atomic E-state index is 0.0749. The molecule has 0 aliphatic carbocycles. The first-order valence-corrected chi connectivity index (χ1v) is 16.6. The van der Waals surface area contributed by atoms with E-state index in [9.17, 15) is 0 Å². The SMILES string of the molecule is COCCCOc1cc(CO[C@H]2CNCC[C@@H]2c2ccc(OCCCOCc3ccccc3OC)cc2)ccc1N1CCOCC1. The minimum Gasteiger partial charge on any atom is -0.496 e. The van der Waals surface area contributed by atoms with E-state index in [4.69, 9.17) is 33.2 Å². The number of benzene rings is 3. The van der Waals surface area contributed by atoms with Gasteiger partial charge in [0.05, 0.1) is 65.1 Å². The first kappa shape index (κ1) is 34.0. The van der Waals surface area contributed by atoms with E-state index in [2.05, 4.69) is 52.7 Å². The van der Waals surface area contributed by atoms with Crippen molar-refractivity contribution in [3.8, 4) is 17.2 Å². The molecule has 2 heterocycles. The van der Waals surface area contributed by atoms with Gasteiger partial charge in [0.15, 0.2) is 0 Å². The molecule has 2 saturated heterocycles. The molecular weight excluding hydrogens is 584 g/mol. The van der Waals surface area contributed by atoms with Crippen LogP contribution in [-0.2, 0) is 32.2 Å². The second-order valence-corrected chi connectivity index (χ2v) is 11.7. The van der Waals surface area contributed by atoms with Gasteiger partial charge in [0.1, 0.15) is 17.2 Å². The summed E-state index contributed by atoms with van der Waals surface area (Å²) in [6.07, 6.45) is 2.76. The van der Waals surface area contributed by atoms with Gasteiger partial charge in [0, 0.05) is 57.7 Å². The highest BCUT2D eigenvalue weighted by molar-refractivity contribution is 5.60. The van der Waals surface area contributed by atoms with E-state index >= 15 is 0 Å². The number of ether oxygens (including phenoxy) is 7. The normalized spacial score (nSPS) is 18.3. The highest BCUT2D eigenvalue weighted by atomic mass is 16.5. The van der Waals surface area contributed by atoms with E-state index in [0.717, 1.165) is 92.7 Å². The molecule has 0 saturated carbocycles. The molecule has 3 aromatic rings. The number of morpholine rings is 1. The van der Waals surface area contributed by atoms with Gasteiger partial charge in [-0.3, -0.25) is 0 Å². The number of nitrogens with one attached hydrogen (secondary N) is 1. The highest BCUT2D eigenvalue weighted by Gasteiger charge is 2.27. The Labute approximate surface area is 274 Å². The summed E-state index contributed by atoms with van der Waals surface area (Å²) in [4.78, 5) is 2.34. The fourth-order valence-electron chi connectivity index (χ4n) is 5.97. The van der Waals surface area contributed by atoms with Crippen LogP contribution in [0.2, 0.25) is 0 Å². The zero-order valence-corrected chi connectivity index (χ0v) is 27.4. The topological polar surface area (TPSA) is 79.9 Å².